The fraction of sp³-hybridized carbons (Fsp3) is 0.700. The summed E-state index contributed by atoms with van der Waals surface area (Å²) in [5.74, 6) is 1.60. The van der Waals surface area contributed by atoms with Crippen LogP contribution in [0.2, 0.25) is 5.02 Å². The van der Waals surface area contributed by atoms with Crippen LogP contribution in [0.4, 0.5) is 5.82 Å². The van der Waals surface area contributed by atoms with Crippen molar-refractivity contribution >= 4 is 17.4 Å². The monoisotopic (exact) mass is 212 g/mol. The van der Waals surface area contributed by atoms with E-state index < -0.39 is 0 Å². The van der Waals surface area contributed by atoms with Gasteiger partial charge >= 0.3 is 0 Å². The SMILES string of the molecule is Nc1noc(C2CC3(CCC3)C2)c1Cl. The summed E-state index contributed by atoms with van der Waals surface area (Å²) < 4.78 is 5.15. The van der Waals surface area contributed by atoms with E-state index in [0.29, 0.717) is 22.2 Å². The van der Waals surface area contributed by atoms with Crippen molar-refractivity contribution in [1.82, 2.24) is 5.16 Å². The maximum atomic E-state index is 5.99. The molecule has 2 fully saturated rings. The lowest BCUT2D eigenvalue weighted by atomic mass is 9.51. The van der Waals surface area contributed by atoms with Gasteiger partial charge in [-0.3, -0.25) is 0 Å². The number of nitrogens with two attached hydrogens (primary N) is 1. The van der Waals surface area contributed by atoms with Crippen LogP contribution < -0.4 is 5.73 Å². The zero-order valence-electron chi connectivity index (χ0n) is 7.92. The van der Waals surface area contributed by atoms with E-state index in [-0.39, 0.29) is 0 Å². The molecule has 2 saturated carbocycles. The minimum Gasteiger partial charge on any atom is -0.380 e. The number of halogens is 1. The molecule has 3 rings (SSSR count). The summed E-state index contributed by atoms with van der Waals surface area (Å²) in [4.78, 5) is 0. The molecule has 0 aromatic carbocycles. The predicted molar refractivity (Wildman–Crippen MR) is 54.2 cm³/mol. The van der Waals surface area contributed by atoms with Gasteiger partial charge in [-0.25, -0.2) is 0 Å². The van der Waals surface area contributed by atoms with E-state index in [1.807, 2.05) is 0 Å². The molecule has 2 aliphatic rings. The molecule has 0 radical (unpaired) electrons. The normalized spacial score (nSPS) is 24.6. The van der Waals surface area contributed by atoms with Crippen molar-refractivity contribution in [3.8, 4) is 0 Å². The minimum absolute atomic E-state index is 0.330. The van der Waals surface area contributed by atoms with Crippen LogP contribution in [0.5, 0.6) is 0 Å². The Morgan fingerprint density at radius 2 is 2.14 bits per heavy atom. The van der Waals surface area contributed by atoms with Crippen molar-refractivity contribution in [2.45, 2.75) is 38.0 Å². The first-order chi connectivity index (χ1) is 6.70. The van der Waals surface area contributed by atoms with Crippen LogP contribution in [0.25, 0.3) is 0 Å². The van der Waals surface area contributed by atoms with Gasteiger partial charge in [-0.05, 0) is 31.1 Å². The van der Waals surface area contributed by atoms with Gasteiger partial charge in [-0.15, -0.1) is 0 Å². The molecule has 0 saturated heterocycles. The van der Waals surface area contributed by atoms with Crippen LogP contribution in [0.1, 0.15) is 43.8 Å². The van der Waals surface area contributed by atoms with E-state index in [1.54, 1.807) is 0 Å². The minimum atomic E-state index is 0.330. The molecule has 0 atom stereocenters. The summed E-state index contributed by atoms with van der Waals surface area (Å²) in [7, 11) is 0. The number of hydrogen-bond donors (Lipinski definition) is 1. The standard InChI is InChI=1S/C10H13ClN2O/c11-7-8(14-13-9(7)12)6-4-10(5-6)2-1-3-10/h6H,1-5H2,(H2,12,13). The topological polar surface area (TPSA) is 52.0 Å². The molecule has 0 aliphatic heterocycles. The molecule has 1 heterocycles. The molecule has 4 heteroatoms. The maximum absolute atomic E-state index is 5.99. The van der Waals surface area contributed by atoms with Gasteiger partial charge in [0, 0.05) is 5.92 Å². The van der Waals surface area contributed by atoms with Gasteiger partial charge in [0.25, 0.3) is 0 Å². The van der Waals surface area contributed by atoms with Gasteiger partial charge in [-0.1, -0.05) is 23.2 Å². The second-order valence-corrected chi connectivity index (χ2v) is 5.08. The lowest BCUT2D eigenvalue weighted by molar-refractivity contribution is 0.000227. The molecule has 0 unspecified atom stereocenters. The Kier molecular flexibility index (Phi) is 1.63. The quantitative estimate of drug-likeness (QED) is 0.779. The van der Waals surface area contributed by atoms with Gasteiger partial charge in [0.05, 0.1) is 0 Å². The van der Waals surface area contributed by atoms with Gasteiger partial charge < -0.3 is 10.3 Å². The van der Waals surface area contributed by atoms with E-state index in [9.17, 15) is 0 Å². The van der Waals surface area contributed by atoms with Crippen LogP contribution in [-0.2, 0) is 0 Å². The van der Waals surface area contributed by atoms with E-state index in [4.69, 9.17) is 21.9 Å². The lowest BCUT2D eigenvalue weighted by Crippen LogP contribution is -2.41. The van der Waals surface area contributed by atoms with Crippen molar-refractivity contribution in [1.29, 1.82) is 0 Å². The third kappa shape index (κ3) is 1.02. The first-order valence-electron chi connectivity index (χ1n) is 5.11. The smallest absolute Gasteiger partial charge is 0.186 e. The average Bonchev–Trinajstić information content (AvgIpc) is 2.30. The molecule has 76 valence electrons. The third-order valence-corrected chi connectivity index (χ3v) is 4.21. The Balaban J connectivity index is 1.76. The fourth-order valence-electron chi connectivity index (χ4n) is 2.81. The van der Waals surface area contributed by atoms with Gasteiger partial charge in [0.1, 0.15) is 5.02 Å². The summed E-state index contributed by atoms with van der Waals surface area (Å²) in [6, 6.07) is 0. The van der Waals surface area contributed by atoms with E-state index >= 15 is 0 Å². The van der Waals surface area contributed by atoms with Crippen LogP contribution >= 0.6 is 11.6 Å². The zero-order valence-corrected chi connectivity index (χ0v) is 8.68. The zero-order chi connectivity index (χ0) is 9.76. The van der Waals surface area contributed by atoms with Crippen molar-refractivity contribution < 1.29 is 4.52 Å². The Labute approximate surface area is 87.6 Å². The number of nitrogens with zero attached hydrogens (tertiary/aromatic N) is 1. The lowest BCUT2D eigenvalue weighted by Gasteiger charge is -2.53. The molecule has 1 aromatic heterocycles. The molecular formula is C10H13ClN2O. The Bertz CT molecular complexity index is 362. The van der Waals surface area contributed by atoms with Crippen molar-refractivity contribution in [3.05, 3.63) is 10.8 Å². The molecule has 1 aromatic rings. The summed E-state index contributed by atoms with van der Waals surface area (Å²) in [6.07, 6.45) is 6.57. The molecule has 0 amide bonds. The Morgan fingerprint density at radius 1 is 1.43 bits per heavy atom. The highest BCUT2D eigenvalue weighted by atomic mass is 35.5. The summed E-state index contributed by atoms with van der Waals surface area (Å²) in [6.45, 7) is 0. The number of nitrogen functional groups attached to an aromatic ring is 1. The van der Waals surface area contributed by atoms with Gasteiger partial charge in [0.2, 0.25) is 0 Å². The molecular weight excluding hydrogens is 200 g/mol. The average molecular weight is 213 g/mol. The summed E-state index contributed by atoms with van der Waals surface area (Å²) in [5, 5.41) is 4.21. The van der Waals surface area contributed by atoms with E-state index in [2.05, 4.69) is 5.16 Å². The number of aromatic nitrogens is 1. The van der Waals surface area contributed by atoms with Gasteiger partial charge in [-0.2, -0.15) is 0 Å². The first-order valence-corrected chi connectivity index (χ1v) is 5.49. The molecule has 1 spiro atoms. The Hall–Kier alpha value is -0.700. The molecule has 0 bridgehead atoms. The van der Waals surface area contributed by atoms with E-state index in [1.165, 1.54) is 32.1 Å². The number of rotatable bonds is 1. The van der Waals surface area contributed by atoms with Crippen LogP contribution in [0.3, 0.4) is 0 Å². The molecule has 2 N–H and O–H groups in total. The summed E-state index contributed by atoms with van der Waals surface area (Å²) >= 11 is 5.99. The van der Waals surface area contributed by atoms with Crippen molar-refractivity contribution in [2.75, 3.05) is 5.73 Å². The highest BCUT2D eigenvalue weighted by molar-refractivity contribution is 6.33. The van der Waals surface area contributed by atoms with Gasteiger partial charge in [0.15, 0.2) is 11.6 Å². The van der Waals surface area contributed by atoms with Crippen LogP contribution in [0.15, 0.2) is 4.52 Å². The van der Waals surface area contributed by atoms with E-state index in [0.717, 1.165) is 5.76 Å². The highest BCUT2D eigenvalue weighted by Crippen LogP contribution is 2.62. The Morgan fingerprint density at radius 3 is 2.57 bits per heavy atom. The second kappa shape index (κ2) is 2.66. The second-order valence-electron chi connectivity index (χ2n) is 4.70. The number of hydrogen-bond acceptors (Lipinski definition) is 3. The molecule has 14 heavy (non-hydrogen) atoms. The maximum Gasteiger partial charge on any atom is 0.186 e. The molecule has 2 aliphatic carbocycles. The van der Waals surface area contributed by atoms with Crippen LogP contribution in [-0.4, -0.2) is 5.16 Å². The number of anilines is 1. The summed E-state index contributed by atoms with van der Waals surface area (Å²) in [5.41, 5.74) is 6.17. The predicted octanol–water partition coefficient (Wildman–Crippen LogP) is 2.96. The van der Waals surface area contributed by atoms with Crippen LogP contribution in [0, 0.1) is 5.41 Å². The molecule has 3 nitrogen and oxygen atoms in total. The highest BCUT2D eigenvalue weighted by Gasteiger charge is 2.50. The van der Waals surface area contributed by atoms with Crippen molar-refractivity contribution in [3.63, 3.8) is 0 Å². The fourth-order valence-corrected chi connectivity index (χ4v) is 3.04. The largest absolute Gasteiger partial charge is 0.380 e. The first kappa shape index (κ1) is 8.60. The van der Waals surface area contributed by atoms with Crippen molar-refractivity contribution in [2.24, 2.45) is 5.41 Å². The third-order valence-electron chi connectivity index (χ3n) is 3.83.